The lowest BCUT2D eigenvalue weighted by atomic mass is 9.87. The number of nitro groups is 1. The smallest absolute Gasteiger partial charge is 0.293 e. The molecule has 0 aliphatic heterocycles. The van der Waals surface area contributed by atoms with Crippen molar-refractivity contribution in [1.29, 1.82) is 0 Å². The predicted molar refractivity (Wildman–Crippen MR) is 94.7 cm³/mol. The fraction of sp³-hybridized carbons (Fsp3) is 0.222. The molecule has 132 valence electrons. The Bertz CT molecular complexity index is 1080. The van der Waals surface area contributed by atoms with E-state index in [1.807, 2.05) is 0 Å². The molecule has 3 aromatic rings. The van der Waals surface area contributed by atoms with E-state index in [-0.39, 0.29) is 28.6 Å². The monoisotopic (exact) mass is 354 g/mol. The van der Waals surface area contributed by atoms with E-state index >= 15 is 0 Å². The van der Waals surface area contributed by atoms with Gasteiger partial charge in [-0.25, -0.2) is 9.37 Å². The molecule has 1 heterocycles. The minimum absolute atomic E-state index is 0.153. The van der Waals surface area contributed by atoms with Crippen molar-refractivity contribution in [3.8, 4) is 0 Å². The molecule has 1 atom stereocenters. The molecular weight excluding hydrogens is 339 g/mol. The third kappa shape index (κ3) is 2.79. The molecule has 4 rings (SSSR count). The first-order valence-electron chi connectivity index (χ1n) is 8.23. The normalized spacial score (nSPS) is 16.3. The summed E-state index contributed by atoms with van der Waals surface area (Å²) in [5.41, 5.74) is 1.83. The lowest BCUT2D eigenvalue weighted by Crippen LogP contribution is -2.18. The van der Waals surface area contributed by atoms with Crippen LogP contribution in [0.2, 0.25) is 0 Å². The summed E-state index contributed by atoms with van der Waals surface area (Å²) >= 11 is 0. The molecule has 1 unspecified atom stereocenters. The van der Waals surface area contributed by atoms with Crippen molar-refractivity contribution in [3.63, 3.8) is 0 Å². The molecule has 2 N–H and O–H groups in total. The van der Waals surface area contributed by atoms with Gasteiger partial charge in [-0.3, -0.25) is 14.9 Å². The Labute approximate surface area is 147 Å². The predicted octanol–water partition coefficient (Wildman–Crippen LogP) is 3.46. The number of nitro benzene ring substituents is 1. The molecule has 1 aromatic heterocycles. The van der Waals surface area contributed by atoms with Crippen molar-refractivity contribution in [2.75, 3.05) is 5.32 Å². The van der Waals surface area contributed by atoms with Crippen molar-refractivity contribution < 1.29 is 9.31 Å². The average Bonchev–Trinajstić information content (AvgIpc) is 2.62. The Morgan fingerprint density at radius 1 is 1.31 bits per heavy atom. The highest BCUT2D eigenvalue weighted by atomic mass is 19.1. The number of aryl methyl sites for hydroxylation is 1. The maximum atomic E-state index is 13.7. The van der Waals surface area contributed by atoms with Gasteiger partial charge in [0.15, 0.2) is 0 Å². The summed E-state index contributed by atoms with van der Waals surface area (Å²) in [6.45, 7) is 0. The van der Waals surface area contributed by atoms with Crippen LogP contribution in [0.1, 0.15) is 30.0 Å². The summed E-state index contributed by atoms with van der Waals surface area (Å²) < 4.78 is 13.7. The Morgan fingerprint density at radius 2 is 2.15 bits per heavy atom. The van der Waals surface area contributed by atoms with Crippen LogP contribution in [0.15, 0.2) is 41.5 Å². The van der Waals surface area contributed by atoms with Gasteiger partial charge < -0.3 is 10.3 Å². The van der Waals surface area contributed by atoms with Crippen molar-refractivity contribution >= 4 is 22.3 Å². The second-order valence-electron chi connectivity index (χ2n) is 6.31. The molecule has 0 radical (unpaired) electrons. The van der Waals surface area contributed by atoms with Crippen molar-refractivity contribution in [1.82, 2.24) is 9.97 Å². The number of nitrogens with zero attached hydrogens (tertiary/aromatic N) is 2. The van der Waals surface area contributed by atoms with Crippen LogP contribution < -0.4 is 10.9 Å². The van der Waals surface area contributed by atoms with Gasteiger partial charge in [-0.2, -0.15) is 0 Å². The van der Waals surface area contributed by atoms with E-state index in [0.29, 0.717) is 5.52 Å². The average molecular weight is 354 g/mol. The summed E-state index contributed by atoms with van der Waals surface area (Å²) in [4.78, 5) is 29.3. The molecule has 1 aliphatic rings. The summed E-state index contributed by atoms with van der Waals surface area (Å²) in [5, 5.41) is 14.8. The minimum Gasteiger partial charge on any atom is -0.373 e. The highest BCUT2D eigenvalue weighted by Gasteiger charge is 2.24. The molecular formula is C18H15FN4O3. The molecule has 0 fully saturated rings. The van der Waals surface area contributed by atoms with E-state index in [9.17, 15) is 19.3 Å². The molecule has 8 heteroatoms. The zero-order chi connectivity index (χ0) is 18.3. The first-order chi connectivity index (χ1) is 12.5. The topological polar surface area (TPSA) is 101 Å². The van der Waals surface area contributed by atoms with Gasteiger partial charge in [0, 0.05) is 6.07 Å². The lowest BCUT2D eigenvalue weighted by Gasteiger charge is -2.27. The fourth-order valence-corrected chi connectivity index (χ4v) is 3.48. The second kappa shape index (κ2) is 6.21. The minimum atomic E-state index is -0.538. The number of aromatic nitrogens is 2. The van der Waals surface area contributed by atoms with E-state index in [1.54, 1.807) is 6.07 Å². The van der Waals surface area contributed by atoms with Crippen LogP contribution in [-0.2, 0) is 6.42 Å². The molecule has 7 nitrogen and oxygen atoms in total. The van der Waals surface area contributed by atoms with Crippen LogP contribution >= 0.6 is 0 Å². The Hall–Kier alpha value is -3.29. The molecule has 0 bridgehead atoms. The first kappa shape index (κ1) is 16.2. The standard InChI is InChI=1S/C18H15FN4O3/c19-11-5-4-10-2-1-3-14(12(10)6-11)22-16-8-15-13(7-17(16)23(25)26)18(24)21-9-20-15/h4-9,14,22H,1-3H2,(H,20,21,24). The number of anilines is 1. The highest BCUT2D eigenvalue weighted by molar-refractivity contribution is 5.86. The quantitative estimate of drug-likeness (QED) is 0.554. The lowest BCUT2D eigenvalue weighted by molar-refractivity contribution is -0.383. The van der Waals surface area contributed by atoms with Crippen LogP contribution in [0.4, 0.5) is 15.8 Å². The van der Waals surface area contributed by atoms with E-state index in [2.05, 4.69) is 15.3 Å². The van der Waals surface area contributed by atoms with Crippen LogP contribution in [0.3, 0.4) is 0 Å². The summed E-state index contributed by atoms with van der Waals surface area (Å²) in [6.07, 6.45) is 3.74. The van der Waals surface area contributed by atoms with Gasteiger partial charge in [0.2, 0.25) is 0 Å². The van der Waals surface area contributed by atoms with Gasteiger partial charge in [0.25, 0.3) is 11.2 Å². The van der Waals surface area contributed by atoms with Crippen LogP contribution in [0, 0.1) is 15.9 Å². The number of halogens is 1. The van der Waals surface area contributed by atoms with E-state index in [1.165, 1.54) is 30.6 Å². The summed E-state index contributed by atoms with van der Waals surface area (Å²) in [5.74, 6) is -0.335. The Morgan fingerprint density at radius 3 is 2.96 bits per heavy atom. The number of hydrogen-bond acceptors (Lipinski definition) is 5. The largest absolute Gasteiger partial charge is 0.373 e. The number of aromatic amines is 1. The van der Waals surface area contributed by atoms with Crippen molar-refractivity contribution in [3.05, 3.63) is 74.1 Å². The van der Waals surface area contributed by atoms with Gasteiger partial charge in [-0.05, 0) is 48.6 Å². The number of hydrogen-bond donors (Lipinski definition) is 2. The SMILES string of the molecule is O=c1[nH]cnc2cc(NC3CCCc4ccc(F)cc43)c([N+](=O)[O-])cc12. The molecule has 0 spiro atoms. The number of H-pyrrole nitrogens is 1. The summed E-state index contributed by atoms with van der Waals surface area (Å²) in [7, 11) is 0. The molecule has 26 heavy (non-hydrogen) atoms. The van der Waals surface area contributed by atoms with Crippen LogP contribution in [-0.4, -0.2) is 14.9 Å². The van der Waals surface area contributed by atoms with Crippen LogP contribution in [0.25, 0.3) is 10.9 Å². The zero-order valence-electron chi connectivity index (χ0n) is 13.7. The van der Waals surface area contributed by atoms with Crippen LogP contribution in [0.5, 0.6) is 0 Å². The third-order valence-corrected chi connectivity index (χ3v) is 4.71. The number of nitrogens with one attached hydrogen (secondary N) is 2. The fourth-order valence-electron chi connectivity index (χ4n) is 3.48. The van der Waals surface area contributed by atoms with Crippen molar-refractivity contribution in [2.24, 2.45) is 0 Å². The highest BCUT2D eigenvalue weighted by Crippen LogP contribution is 2.36. The molecule has 2 aromatic carbocycles. The first-order valence-corrected chi connectivity index (χ1v) is 8.23. The molecule has 0 amide bonds. The molecule has 0 saturated carbocycles. The Kier molecular flexibility index (Phi) is 3.87. The number of rotatable bonds is 3. The number of fused-ring (bicyclic) bond motifs is 2. The third-order valence-electron chi connectivity index (χ3n) is 4.71. The van der Waals surface area contributed by atoms with E-state index in [4.69, 9.17) is 0 Å². The van der Waals surface area contributed by atoms with E-state index < -0.39 is 10.5 Å². The molecule has 1 aliphatic carbocycles. The van der Waals surface area contributed by atoms with E-state index in [0.717, 1.165) is 30.4 Å². The maximum absolute atomic E-state index is 13.7. The molecule has 0 saturated heterocycles. The van der Waals surface area contributed by atoms with Gasteiger partial charge in [0.05, 0.1) is 28.2 Å². The second-order valence-corrected chi connectivity index (χ2v) is 6.31. The van der Waals surface area contributed by atoms with Gasteiger partial charge in [-0.1, -0.05) is 6.07 Å². The maximum Gasteiger partial charge on any atom is 0.293 e. The van der Waals surface area contributed by atoms with Gasteiger partial charge in [-0.15, -0.1) is 0 Å². The summed E-state index contributed by atoms with van der Waals surface area (Å²) in [6, 6.07) is 7.13. The zero-order valence-corrected chi connectivity index (χ0v) is 13.7. The Balaban J connectivity index is 1.81. The van der Waals surface area contributed by atoms with Crippen molar-refractivity contribution in [2.45, 2.75) is 25.3 Å². The van der Waals surface area contributed by atoms with Gasteiger partial charge >= 0.3 is 0 Å². The number of benzene rings is 2. The van der Waals surface area contributed by atoms with Gasteiger partial charge in [0.1, 0.15) is 11.5 Å².